The van der Waals surface area contributed by atoms with Crippen molar-refractivity contribution in [1.29, 1.82) is 5.41 Å². The summed E-state index contributed by atoms with van der Waals surface area (Å²) in [6.45, 7) is 0. The number of hydrogen-bond donors (Lipinski definition) is 2. The van der Waals surface area contributed by atoms with Crippen LogP contribution in [0.4, 0.5) is 0 Å². The Bertz CT molecular complexity index is 368. The fourth-order valence-corrected chi connectivity index (χ4v) is 1.35. The van der Waals surface area contributed by atoms with Crippen molar-refractivity contribution in [3.8, 4) is 0 Å². The first-order chi connectivity index (χ1) is 5.90. The molecule has 2 heteroatoms. The molecular formula is C10H10N2. The molecule has 0 bridgehead atoms. The Balaban J connectivity index is 2.54. The summed E-state index contributed by atoms with van der Waals surface area (Å²) >= 11 is 0. The summed E-state index contributed by atoms with van der Waals surface area (Å²) in [7, 11) is 0. The van der Waals surface area contributed by atoms with Gasteiger partial charge >= 0.3 is 0 Å². The first kappa shape index (κ1) is 7.10. The molecule has 0 radical (unpaired) electrons. The van der Waals surface area contributed by atoms with Crippen molar-refractivity contribution in [2.45, 2.75) is 6.42 Å². The molecule has 0 fully saturated rings. The van der Waals surface area contributed by atoms with E-state index < -0.39 is 0 Å². The van der Waals surface area contributed by atoms with Crippen molar-refractivity contribution in [2.24, 2.45) is 0 Å². The van der Waals surface area contributed by atoms with E-state index in [4.69, 9.17) is 5.41 Å². The number of nitrogens with one attached hydrogen (secondary N) is 2. The van der Waals surface area contributed by atoms with Crippen LogP contribution in [0.2, 0.25) is 0 Å². The first-order valence-corrected chi connectivity index (χ1v) is 3.96. The second-order valence-corrected chi connectivity index (χ2v) is 2.79. The maximum absolute atomic E-state index is 6.97. The highest BCUT2D eigenvalue weighted by Gasteiger charge is 1.96. The van der Waals surface area contributed by atoms with Crippen LogP contribution in [-0.4, -0.2) is 11.2 Å². The van der Waals surface area contributed by atoms with E-state index in [2.05, 4.69) is 17.1 Å². The average molecular weight is 158 g/mol. The summed E-state index contributed by atoms with van der Waals surface area (Å²) in [5.41, 5.74) is 2.25. The minimum atomic E-state index is 0.689. The summed E-state index contributed by atoms with van der Waals surface area (Å²) in [5.74, 6) is 0. The molecule has 1 heterocycles. The zero-order chi connectivity index (χ0) is 8.39. The van der Waals surface area contributed by atoms with Crippen LogP contribution in [0.3, 0.4) is 0 Å². The van der Waals surface area contributed by atoms with Gasteiger partial charge in [-0.05, 0) is 17.5 Å². The number of para-hydroxylation sites is 1. The molecule has 2 rings (SSSR count). The quantitative estimate of drug-likeness (QED) is 0.630. The second-order valence-electron chi connectivity index (χ2n) is 2.79. The lowest BCUT2D eigenvalue weighted by Crippen LogP contribution is -1.82. The summed E-state index contributed by atoms with van der Waals surface area (Å²) in [6.07, 6.45) is 2.10. The Morgan fingerprint density at radius 1 is 1.33 bits per heavy atom. The Hall–Kier alpha value is -1.57. The van der Waals surface area contributed by atoms with Crippen molar-refractivity contribution in [3.05, 3.63) is 36.0 Å². The Labute approximate surface area is 70.7 Å². The lowest BCUT2D eigenvalue weighted by atomic mass is 10.2. The molecule has 2 aromatic rings. The third-order valence-electron chi connectivity index (χ3n) is 1.91. The summed E-state index contributed by atoms with van der Waals surface area (Å²) in [4.78, 5) is 3.25. The van der Waals surface area contributed by atoms with E-state index >= 15 is 0 Å². The molecule has 12 heavy (non-hydrogen) atoms. The van der Waals surface area contributed by atoms with Crippen LogP contribution in [0, 0.1) is 5.41 Å². The molecule has 0 saturated heterocycles. The van der Waals surface area contributed by atoms with E-state index in [0.29, 0.717) is 6.42 Å². The van der Waals surface area contributed by atoms with E-state index in [1.54, 1.807) is 0 Å². The molecule has 0 aliphatic rings. The predicted octanol–water partition coefficient (Wildman–Crippen LogP) is 2.36. The van der Waals surface area contributed by atoms with Crippen LogP contribution < -0.4 is 0 Å². The largest absolute Gasteiger partial charge is 0.358 e. The summed E-state index contributed by atoms with van der Waals surface area (Å²) < 4.78 is 0. The van der Waals surface area contributed by atoms with Crippen LogP contribution in [0.15, 0.2) is 30.3 Å². The molecule has 0 atom stereocenters. The van der Waals surface area contributed by atoms with Crippen LogP contribution in [0.25, 0.3) is 10.9 Å². The van der Waals surface area contributed by atoms with Crippen LogP contribution in [-0.2, 0) is 6.42 Å². The van der Waals surface area contributed by atoms with E-state index in [-0.39, 0.29) is 0 Å². The molecule has 60 valence electrons. The normalized spacial score (nSPS) is 10.3. The van der Waals surface area contributed by atoms with Gasteiger partial charge in [0.15, 0.2) is 0 Å². The number of fused-ring (bicyclic) bond motifs is 1. The van der Waals surface area contributed by atoms with Crippen molar-refractivity contribution in [3.63, 3.8) is 0 Å². The lowest BCUT2D eigenvalue weighted by Gasteiger charge is -1.85. The summed E-state index contributed by atoms with van der Waals surface area (Å²) in [5, 5.41) is 8.19. The van der Waals surface area contributed by atoms with Crippen LogP contribution in [0.1, 0.15) is 5.69 Å². The monoisotopic (exact) mass is 158 g/mol. The standard InChI is InChI=1S/C10H10N2/c11-6-5-9-7-8-3-1-2-4-10(8)12-9/h1-4,6-7,11-12H,5H2. The van der Waals surface area contributed by atoms with Gasteiger partial charge in [0.2, 0.25) is 0 Å². The molecule has 1 aromatic carbocycles. The van der Waals surface area contributed by atoms with Gasteiger partial charge in [0.25, 0.3) is 0 Å². The van der Waals surface area contributed by atoms with Gasteiger partial charge < -0.3 is 10.4 Å². The van der Waals surface area contributed by atoms with Gasteiger partial charge in [-0.2, -0.15) is 0 Å². The van der Waals surface area contributed by atoms with Gasteiger partial charge in [-0.3, -0.25) is 0 Å². The summed E-state index contributed by atoms with van der Waals surface area (Å²) in [6, 6.07) is 10.2. The smallest absolute Gasteiger partial charge is 0.0456 e. The van der Waals surface area contributed by atoms with Crippen LogP contribution in [0.5, 0.6) is 0 Å². The van der Waals surface area contributed by atoms with Gasteiger partial charge in [-0.1, -0.05) is 18.2 Å². The zero-order valence-electron chi connectivity index (χ0n) is 6.67. The Kier molecular flexibility index (Phi) is 1.67. The molecule has 0 amide bonds. The molecule has 2 nitrogen and oxygen atoms in total. The topological polar surface area (TPSA) is 39.6 Å². The molecule has 0 saturated carbocycles. The fourth-order valence-electron chi connectivity index (χ4n) is 1.35. The van der Waals surface area contributed by atoms with E-state index in [9.17, 15) is 0 Å². The Morgan fingerprint density at radius 2 is 2.17 bits per heavy atom. The van der Waals surface area contributed by atoms with Gasteiger partial charge in [0.1, 0.15) is 0 Å². The van der Waals surface area contributed by atoms with Gasteiger partial charge in [0.05, 0.1) is 0 Å². The van der Waals surface area contributed by atoms with E-state index in [1.807, 2.05) is 18.2 Å². The highest BCUT2D eigenvalue weighted by atomic mass is 14.7. The van der Waals surface area contributed by atoms with E-state index in [1.165, 1.54) is 11.6 Å². The molecule has 0 aliphatic carbocycles. The number of hydrogen-bond acceptors (Lipinski definition) is 1. The third-order valence-corrected chi connectivity index (χ3v) is 1.91. The first-order valence-electron chi connectivity index (χ1n) is 3.96. The maximum Gasteiger partial charge on any atom is 0.0456 e. The third kappa shape index (κ3) is 1.11. The number of benzene rings is 1. The maximum atomic E-state index is 6.97. The number of aromatic amines is 1. The highest BCUT2D eigenvalue weighted by molar-refractivity contribution is 5.81. The minimum absolute atomic E-state index is 0.689. The van der Waals surface area contributed by atoms with E-state index in [0.717, 1.165) is 11.2 Å². The van der Waals surface area contributed by atoms with Crippen molar-refractivity contribution in [2.75, 3.05) is 0 Å². The fraction of sp³-hybridized carbons (Fsp3) is 0.100. The molecule has 0 unspecified atom stereocenters. The van der Waals surface area contributed by atoms with Gasteiger partial charge in [-0.15, -0.1) is 0 Å². The lowest BCUT2D eigenvalue weighted by molar-refractivity contribution is 1.22. The second kappa shape index (κ2) is 2.81. The Morgan fingerprint density at radius 3 is 2.92 bits per heavy atom. The zero-order valence-corrected chi connectivity index (χ0v) is 6.67. The number of aromatic nitrogens is 1. The molecule has 2 N–H and O–H groups in total. The molecule has 0 aliphatic heterocycles. The van der Waals surface area contributed by atoms with Crippen molar-refractivity contribution >= 4 is 17.1 Å². The minimum Gasteiger partial charge on any atom is -0.358 e. The highest BCUT2D eigenvalue weighted by Crippen LogP contribution is 2.14. The SMILES string of the molecule is N=CCc1cc2ccccc2[nH]1. The average Bonchev–Trinajstić information content (AvgIpc) is 2.47. The van der Waals surface area contributed by atoms with Gasteiger partial charge in [0, 0.05) is 23.8 Å². The molecule has 0 spiro atoms. The molecule has 1 aromatic heterocycles. The number of H-pyrrole nitrogens is 1. The number of rotatable bonds is 2. The van der Waals surface area contributed by atoms with Crippen molar-refractivity contribution in [1.82, 2.24) is 4.98 Å². The van der Waals surface area contributed by atoms with Crippen molar-refractivity contribution < 1.29 is 0 Å². The van der Waals surface area contributed by atoms with Crippen LogP contribution >= 0.6 is 0 Å². The molecular weight excluding hydrogens is 148 g/mol. The predicted molar refractivity (Wildman–Crippen MR) is 50.8 cm³/mol. The van der Waals surface area contributed by atoms with Gasteiger partial charge in [-0.25, -0.2) is 0 Å².